The van der Waals surface area contributed by atoms with Gasteiger partial charge in [-0.25, -0.2) is 8.42 Å². The number of likely N-dealkylation sites (N-methyl/N-ethyl adjacent to an activating group) is 1. The van der Waals surface area contributed by atoms with Crippen LogP contribution in [-0.4, -0.2) is 39.5 Å². The summed E-state index contributed by atoms with van der Waals surface area (Å²) in [5, 5.41) is 0.384. The first-order valence-electron chi connectivity index (χ1n) is 5.92. The van der Waals surface area contributed by atoms with Crippen molar-refractivity contribution in [1.29, 1.82) is 0 Å². The first kappa shape index (κ1) is 18.0. The second kappa shape index (κ2) is 7.82. The molecule has 0 heterocycles. The maximum Gasteiger partial charge on any atom is 0.244 e. The van der Waals surface area contributed by atoms with Crippen LogP contribution in [0.5, 0.6) is 0 Å². The molecule has 0 spiro atoms. The molecule has 20 heavy (non-hydrogen) atoms. The molecule has 0 unspecified atom stereocenters. The number of benzene rings is 1. The van der Waals surface area contributed by atoms with Gasteiger partial charge in [0, 0.05) is 31.1 Å². The molecular formula is C12H16Cl3NO3S. The third-order valence-corrected chi connectivity index (χ3v) is 5.61. The molecule has 0 bridgehead atoms. The average molecular weight is 361 g/mol. The van der Waals surface area contributed by atoms with E-state index >= 15 is 0 Å². The Bertz CT molecular complexity index is 563. The molecule has 0 aromatic heterocycles. The Balaban J connectivity index is 3.12. The highest BCUT2D eigenvalue weighted by Gasteiger charge is 2.25. The van der Waals surface area contributed by atoms with Gasteiger partial charge in [-0.2, -0.15) is 4.31 Å². The summed E-state index contributed by atoms with van der Waals surface area (Å²) >= 11 is 17.7. The lowest BCUT2D eigenvalue weighted by atomic mass is 10.2. The molecule has 0 atom stereocenters. The Kier molecular flexibility index (Phi) is 7.04. The number of hydrogen-bond donors (Lipinski definition) is 0. The third kappa shape index (κ3) is 4.23. The van der Waals surface area contributed by atoms with E-state index in [4.69, 9.17) is 39.5 Å². The standard InChI is InChI=1S/C12H16Cl3NO3S/c1-3-19-5-4-16(2)20(17,18)11-7-10(14)6-9(8-13)12(11)15/h6-7H,3-5,8H2,1-2H3. The number of hydrogen-bond acceptors (Lipinski definition) is 3. The molecule has 0 amide bonds. The number of halogens is 3. The lowest BCUT2D eigenvalue weighted by molar-refractivity contribution is 0.138. The van der Waals surface area contributed by atoms with Crippen LogP contribution < -0.4 is 0 Å². The molecule has 0 radical (unpaired) electrons. The Morgan fingerprint density at radius 3 is 2.50 bits per heavy atom. The molecule has 4 nitrogen and oxygen atoms in total. The molecule has 0 aliphatic carbocycles. The highest BCUT2D eigenvalue weighted by atomic mass is 35.5. The maximum absolute atomic E-state index is 12.5. The summed E-state index contributed by atoms with van der Waals surface area (Å²) in [4.78, 5) is -0.0404. The highest BCUT2D eigenvalue weighted by molar-refractivity contribution is 7.89. The molecule has 0 saturated carbocycles. The summed E-state index contributed by atoms with van der Waals surface area (Å²) in [6.07, 6.45) is 0. The fraction of sp³-hybridized carbons (Fsp3) is 0.500. The van der Waals surface area contributed by atoms with Crippen molar-refractivity contribution in [3.63, 3.8) is 0 Å². The molecule has 0 aliphatic heterocycles. The second-order valence-electron chi connectivity index (χ2n) is 4.03. The predicted octanol–water partition coefficient (Wildman–Crippen LogP) is 3.39. The molecule has 8 heteroatoms. The van der Waals surface area contributed by atoms with Gasteiger partial charge in [0.2, 0.25) is 10.0 Å². The van der Waals surface area contributed by atoms with Crippen LogP contribution in [0.25, 0.3) is 0 Å². The zero-order chi connectivity index (χ0) is 15.3. The Labute approximate surface area is 134 Å². The smallest absolute Gasteiger partial charge is 0.244 e. The van der Waals surface area contributed by atoms with Gasteiger partial charge in [0.15, 0.2) is 0 Å². The SMILES string of the molecule is CCOCCN(C)S(=O)(=O)c1cc(Cl)cc(CCl)c1Cl. The van der Waals surface area contributed by atoms with Gasteiger partial charge < -0.3 is 4.74 Å². The predicted molar refractivity (Wildman–Crippen MR) is 82.3 cm³/mol. The summed E-state index contributed by atoms with van der Waals surface area (Å²) in [5.41, 5.74) is 0.484. The summed E-state index contributed by atoms with van der Waals surface area (Å²) < 4.78 is 31.2. The van der Waals surface area contributed by atoms with Crippen LogP contribution in [0.3, 0.4) is 0 Å². The van der Waals surface area contributed by atoms with Crippen molar-refractivity contribution in [2.45, 2.75) is 17.7 Å². The minimum atomic E-state index is -3.73. The lowest BCUT2D eigenvalue weighted by Gasteiger charge is -2.19. The first-order chi connectivity index (χ1) is 9.34. The molecule has 114 valence electrons. The number of alkyl halides is 1. The Morgan fingerprint density at radius 2 is 1.95 bits per heavy atom. The minimum absolute atomic E-state index is 0.0404. The molecule has 0 saturated heterocycles. The van der Waals surface area contributed by atoms with Crippen LogP contribution in [-0.2, 0) is 20.6 Å². The highest BCUT2D eigenvalue weighted by Crippen LogP contribution is 2.31. The van der Waals surface area contributed by atoms with Gasteiger partial charge in [-0.1, -0.05) is 23.2 Å². The molecule has 1 rings (SSSR count). The van der Waals surface area contributed by atoms with Crippen LogP contribution in [0, 0.1) is 0 Å². The summed E-state index contributed by atoms with van der Waals surface area (Å²) in [6, 6.07) is 2.88. The van der Waals surface area contributed by atoms with Crippen LogP contribution in [0.2, 0.25) is 10.0 Å². The van der Waals surface area contributed by atoms with Gasteiger partial charge in [-0.15, -0.1) is 11.6 Å². The van der Waals surface area contributed by atoms with E-state index in [-0.39, 0.29) is 27.4 Å². The largest absolute Gasteiger partial charge is 0.380 e. The van der Waals surface area contributed by atoms with E-state index in [0.717, 1.165) is 0 Å². The van der Waals surface area contributed by atoms with Crippen molar-refractivity contribution in [3.8, 4) is 0 Å². The molecule has 1 aromatic carbocycles. The lowest BCUT2D eigenvalue weighted by Crippen LogP contribution is -2.30. The normalized spacial score (nSPS) is 12.1. The van der Waals surface area contributed by atoms with E-state index in [0.29, 0.717) is 18.8 Å². The van der Waals surface area contributed by atoms with E-state index in [9.17, 15) is 8.42 Å². The van der Waals surface area contributed by atoms with E-state index in [2.05, 4.69) is 0 Å². The minimum Gasteiger partial charge on any atom is -0.380 e. The van der Waals surface area contributed by atoms with Crippen molar-refractivity contribution in [1.82, 2.24) is 4.31 Å². The van der Waals surface area contributed by atoms with Gasteiger partial charge >= 0.3 is 0 Å². The zero-order valence-corrected chi connectivity index (χ0v) is 14.3. The summed E-state index contributed by atoms with van der Waals surface area (Å²) in [7, 11) is -2.26. The molecular weight excluding hydrogens is 345 g/mol. The van der Waals surface area contributed by atoms with Gasteiger partial charge in [0.1, 0.15) is 4.90 Å². The van der Waals surface area contributed by atoms with E-state index in [1.54, 1.807) is 6.07 Å². The van der Waals surface area contributed by atoms with E-state index < -0.39 is 10.0 Å². The fourth-order valence-electron chi connectivity index (χ4n) is 1.53. The summed E-state index contributed by atoms with van der Waals surface area (Å²) in [5.74, 6) is 0.0879. The molecule has 1 aromatic rings. The Morgan fingerprint density at radius 1 is 1.30 bits per heavy atom. The maximum atomic E-state index is 12.5. The number of nitrogens with zero attached hydrogens (tertiary/aromatic N) is 1. The van der Waals surface area contributed by atoms with Crippen LogP contribution in [0.4, 0.5) is 0 Å². The van der Waals surface area contributed by atoms with Crippen molar-refractivity contribution < 1.29 is 13.2 Å². The van der Waals surface area contributed by atoms with Gasteiger partial charge in [-0.3, -0.25) is 0 Å². The van der Waals surface area contributed by atoms with Gasteiger partial charge in [-0.05, 0) is 24.6 Å². The van der Waals surface area contributed by atoms with Gasteiger partial charge in [0.05, 0.1) is 11.6 Å². The van der Waals surface area contributed by atoms with E-state index in [1.165, 1.54) is 17.4 Å². The number of rotatable bonds is 7. The Hall–Kier alpha value is -0.0400. The zero-order valence-electron chi connectivity index (χ0n) is 11.2. The van der Waals surface area contributed by atoms with Crippen molar-refractivity contribution in [3.05, 3.63) is 27.7 Å². The molecule has 0 N–H and O–H groups in total. The number of sulfonamides is 1. The topological polar surface area (TPSA) is 46.6 Å². The van der Waals surface area contributed by atoms with Crippen molar-refractivity contribution >= 4 is 44.8 Å². The van der Waals surface area contributed by atoms with Crippen LogP contribution in [0.1, 0.15) is 12.5 Å². The van der Waals surface area contributed by atoms with Crippen LogP contribution >= 0.6 is 34.8 Å². The summed E-state index contributed by atoms with van der Waals surface area (Å²) in [6.45, 7) is 2.92. The average Bonchev–Trinajstić information content (AvgIpc) is 2.40. The van der Waals surface area contributed by atoms with Crippen molar-refractivity contribution in [2.75, 3.05) is 26.8 Å². The van der Waals surface area contributed by atoms with Gasteiger partial charge in [0.25, 0.3) is 0 Å². The fourth-order valence-corrected chi connectivity index (χ4v) is 3.87. The molecule has 0 aliphatic rings. The quantitative estimate of drug-likeness (QED) is 0.553. The van der Waals surface area contributed by atoms with Crippen LogP contribution in [0.15, 0.2) is 17.0 Å². The second-order valence-corrected chi connectivity index (χ2v) is 7.13. The monoisotopic (exact) mass is 359 g/mol. The van der Waals surface area contributed by atoms with E-state index in [1.807, 2.05) is 6.92 Å². The number of ether oxygens (including phenoxy) is 1. The third-order valence-electron chi connectivity index (χ3n) is 2.67. The first-order valence-corrected chi connectivity index (χ1v) is 8.65. The van der Waals surface area contributed by atoms with Crippen molar-refractivity contribution in [2.24, 2.45) is 0 Å². The molecule has 0 fully saturated rings.